The molecule has 0 saturated carbocycles. The summed E-state index contributed by atoms with van der Waals surface area (Å²) in [6.07, 6.45) is -1.44. The number of carbonyl (C=O) groups excluding carboxylic acids is 3. The normalized spacial score (nSPS) is 14.4. The minimum atomic E-state index is -1.28. The molecule has 0 aliphatic heterocycles. The van der Waals surface area contributed by atoms with Gasteiger partial charge in [-0.1, -0.05) is 50.0 Å². The third-order valence-corrected chi connectivity index (χ3v) is 6.60. The van der Waals surface area contributed by atoms with Crippen molar-refractivity contribution in [2.45, 2.75) is 83.6 Å². The van der Waals surface area contributed by atoms with Crippen LogP contribution >= 0.6 is 0 Å². The molecule has 0 aliphatic carbocycles. The minimum absolute atomic E-state index is 0.260. The van der Waals surface area contributed by atoms with E-state index in [0.717, 1.165) is 11.6 Å². The van der Waals surface area contributed by atoms with Crippen LogP contribution in [0.3, 0.4) is 0 Å². The number of benzene rings is 1. The molecule has 2 N–H and O–H groups in total. The van der Waals surface area contributed by atoms with Gasteiger partial charge in [0, 0.05) is 14.7 Å². The summed E-state index contributed by atoms with van der Waals surface area (Å²) in [4.78, 5) is 38.0. The SMILES string of the molecule is CN[C@@H](Cc1ccccc1)C(=O)O[C@H](C)[C@@H](NC(=O)OC(C)(C)C)C(=O)OCOCC[Si](C)(C)C. The molecule has 0 spiro atoms. The van der Waals surface area contributed by atoms with E-state index >= 15 is 0 Å². The van der Waals surface area contributed by atoms with E-state index in [1.165, 1.54) is 6.92 Å². The van der Waals surface area contributed by atoms with Crippen molar-refractivity contribution in [1.82, 2.24) is 10.6 Å². The first kappa shape index (κ1) is 30.6. The van der Waals surface area contributed by atoms with Gasteiger partial charge in [0.1, 0.15) is 17.7 Å². The highest BCUT2D eigenvalue weighted by atomic mass is 28.3. The van der Waals surface area contributed by atoms with Crippen LogP contribution in [0, 0.1) is 0 Å². The summed E-state index contributed by atoms with van der Waals surface area (Å²) < 4.78 is 21.5. The van der Waals surface area contributed by atoms with Crippen molar-refractivity contribution in [3.05, 3.63) is 35.9 Å². The standard InChI is InChI=1S/C25H42N2O7Si/c1-18(33-22(28)20(26-5)16-19-12-10-9-11-13-19)21(27-24(30)34-25(2,3)4)23(29)32-17-31-14-15-35(6,7)8/h9-13,18,20-21,26H,14-17H2,1-8H3,(H,27,30)/t18-,20+,21-/m1/s1. The van der Waals surface area contributed by atoms with Gasteiger partial charge in [0.05, 0.1) is 0 Å². The fourth-order valence-electron chi connectivity index (χ4n) is 2.92. The molecule has 1 aromatic carbocycles. The van der Waals surface area contributed by atoms with Crippen molar-refractivity contribution in [3.8, 4) is 0 Å². The van der Waals surface area contributed by atoms with E-state index in [-0.39, 0.29) is 6.79 Å². The second-order valence-corrected chi connectivity index (χ2v) is 16.2. The third-order valence-electron chi connectivity index (χ3n) is 4.89. The van der Waals surface area contributed by atoms with Gasteiger partial charge in [-0.3, -0.25) is 4.79 Å². The monoisotopic (exact) mass is 510 g/mol. The lowest BCUT2D eigenvalue weighted by Crippen LogP contribution is -2.52. The zero-order chi connectivity index (χ0) is 26.6. The Morgan fingerprint density at radius 2 is 1.66 bits per heavy atom. The van der Waals surface area contributed by atoms with Crippen molar-refractivity contribution in [2.24, 2.45) is 0 Å². The first-order valence-corrected chi connectivity index (χ1v) is 15.6. The summed E-state index contributed by atoms with van der Waals surface area (Å²) in [5, 5.41) is 5.40. The van der Waals surface area contributed by atoms with Crippen molar-refractivity contribution in [2.75, 3.05) is 20.4 Å². The molecule has 0 aliphatic rings. The van der Waals surface area contributed by atoms with E-state index in [0.29, 0.717) is 13.0 Å². The van der Waals surface area contributed by atoms with Crippen LogP contribution < -0.4 is 10.6 Å². The summed E-state index contributed by atoms with van der Waals surface area (Å²) in [6, 6.07) is 8.50. The molecule has 0 heterocycles. The van der Waals surface area contributed by atoms with Crippen LogP contribution in [0.5, 0.6) is 0 Å². The number of hydrogen-bond donors (Lipinski definition) is 2. The van der Waals surface area contributed by atoms with Crippen molar-refractivity contribution in [1.29, 1.82) is 0 Å². The first-order chi connectivity index (χ1) is 16.2. The van der Waals surface area contributed by atoms with Crippen LogP contribution in [0.2, 0.25) is 25.7 Å². The smallest absolute Gasteiger partial charge is 0.408 e. The van der Waals surface area contributed by atoms with E-state index in [4.69, 9.17) is 18.9 Å². The van der Waals surface area contributed by atoms with Gasteiger partial charge in [0.15, 0.2) is 12.8 Å². The molecule has 10 heteroatoms. The number of likely N-dealkylation sites (N-methyl/N-ethyl adjacent to an activating group) is 1. The molecular formula is C25H42N2O7Si. The molecule has 0 radical (unpaired) electrons. The van der Waals surface area contributed by atoms with Gasteiger partial charge in [-0.25, -0.2) is 9.59 Å². The van der Waals surface area contributed by atoms with Gasteiger partial charge in [-0.15, -0.1) is 0 Å². The molecular weight excluding hydrogens is 468 g/mol. The maximum Gasteiger partial charge on any atom is 0.408 e. The predicted molar refractivity (Wildman–Crippen MR) is 137 cm³/mol. The number of rotatable bonds is 13. The van der Waals surface area contributed by atoms with Gasteiger partial charge in [-0.2, -0.15) is 0 Å². The van der Waals surface area contributed by atoms with Crippen LogP contribution in [-0.4, -0.2) is 70.3 Å². The molecule has 1 amide bonds. The van der Waals surface area contributed by atoms with Gasteiger partial charge in [0.25, 0.3) is 0 Å². The Balaban J connectivity index is 2.82. The van der Waals surface area contributed by atoms with Gasteiger partial charge in [0.2, 0.25) is 0 Å². The number of esters is 2. The maximum absolute atomic E-state index is 12.8. The van der Waals surface area contributed by atoms with Crippen molar-refractivity contribution >= 4 is 26.1 Å². The van der Waals surface area contributed by atoms with E-state index < -0.39 is 49.9 Å². The molecule has 0 bridgehead atoms. The summed E-state index contributed by atoms with van der Waals surface area (Å²) in [7, 11) is 0.372. The molecule has 198 valence electrons. The summed E-state index contributed by atoms with van der Waals surface area (Å²) in [6.45, 7) is 13.5. The molecule has 1 aromatic rings. The third kappa shape index (κ3) is 13.3. The second-order valence-electron chi connectivity index (χ2n) is 10.6. The summed E-state index contributed by atoms with van der Waals surface area (Å²) >= 11 is 0. The molecule has 0 unspecified atom stereocenters. The van der Waals surface area contributed by atoms with E-state index in [1.54, 1.807) is 27.8 Å². The molecule has 0 saturated heterocycles. The maximum atomic E-state index is 12.8. The van der Waals surface area contributed by atoms with Crippen molar-refractivity contribution < 1.29 is 33.3 Å². The lowest BCUT2D eigenvalue weighted by atomic mass is 10.1. The molecule has 3 atom stereocenters. The van der Waals surface area contributed by atoms with Crippen LogP contribution in [-0.2, 0) is 35.0 Å². The molecule has 0 aromatic heterocycles. The molecule has 35 heavy (non-hydrogen) atoms. The highest BCUT2D eigenvalue weighted by Crippen LogP contribution is 2.12. The molecule has 9 nitrogen and oxygen atoms in total. The number of carbonyl (C=O) groups is 3. The van der Waals surface area contributed by atoms with Gasteiger partial charge < -0.3 is 29.6 Å². The number of nitrogens with one attached hydrogen (secondary N) is 2. The largest absolute Gasteiger partial charge is 0.459 e. The summed E-state index contributed by atoms with van der Waals surface area (Å²) in [5.41, 5.74) is 0.181. The topological polar surface area (TPSA) is 112 Å². The lowest BCUT2D eigenvalue weighted by Gasteiger charge is -2.27. The quantitative estimate of drug-likeness (QED) is 0.136. The van der Waals surface area contributed by atoms with Crippen LogP contribution in [0.1, 0.15) is 33.3 Å². The van der Waals surface area contributed by atoms with E-state index in [2.05, 4.69) is 30.3 Å². The van der Waals surface area contributed by atoms with Crippen LogP contribution in [0.4, 0.5) is 4.79 Å². The average molecular weight is 511 g/mol. The second kappa shape index (κ2) is 14.2. The molecule has 0 fully saturated rings. The molecule has 1 rings (SSSR count). The fourth-order valence-corrected chi connectivity index (χ4v) is 3.67. The highest BCUT2D eigenvalue weighted by Gasteiger charge is 2.34. The number of amides is 1. The zero-order valence-corrected chi connectivity index (χ0v) is 23.3. The van der Waals surface area contributed by atoms with Crippen LogP contribution in [0.15, 0.2) is 30.3 Å². The number of alkyl carbamates (subject to hydrolysis) is 1. The zero-order valence-electron chi connectivity index (χ0n) is 22.3. The minimum Gasteiger partial charge on any atom is -0.459 e. The first-order valence-electron chi connectivity index (χ1n) is 11.9. The Labute approximate surface area is 210 Å². The van der Waals surface area contributed by atoms with Crippen LogP contribution in [0.25, 0.3) is 0 Å². The Kier molecular flexibility index (Phi) is 12.4. The van der Waals surface area contributed by atoms with Crippen molar-refractivity contribution in [3.63, 3.8) is 0 Å². The Morgan fingerprint density at radius 1 is 1.03 bits per heavy atom. The predicted octanol–water partition coefficient (Wildman–Crippen LogP) is 3.50. The van der Waals surface area contributed by atoms with Gasteiger partial charge in [-0.05, 0) is 52.8 Å². The Hall–Kier alpha value is -2.43. The number of ether oxygens (including phenoxy) is 4. The fraction of sp³-hybridized carbons (Fsp3) is 0.640. The van der Waals surface area contributed by atoms with Gasteiger partial charge >= 0.3 is 18.0 Å². The number of hydrogen-bond acceptors (Lipinski definition) is 8. The highest BCUT2D eigenvalue weighted by molar-refractivity contribution is 6.76. The van der Waals surface area contributed by atoms with E-state index in [9.17, 15) is 14.4 Å². The van der Waals surface area contributed by atoms with E-state index in [1.807, 2.05) is 30.3 Å². The Morgan fingerprint density at radius 3 is 2.20 bits per heavy atom. The Bertz CT molecular complexity index is 806. The summed E-state index contributed by atoms with van der Waals surface area (Å²) in [5.74, 6) is -1.34. The lowest BCUT2D eigenvalue weighted by molar-refractivity contribution is -0.166. The average Bonchev–Trinajstić information content (AvgIpc) is 2.73.